The molecule has 2 unspecified atom stereocenters. The van der Waals surface area contributed by atoms with Gasteiger partial charge < -0.3 is 0 Å². The maximum atomic E-state index is 11.9. The van der Waals surface area contributed by atoms with Crippen molar-refractivity contribution < 1.29 is 8.42 Å². The zero-order chi connectivity index (χ0) is 15.0. The molecule has 21 heavy (non-hydrogen) atoms. The van der Waals surface area contributed by atoms with Crippen LogP contribution in [0.5, 0.6) is 0 Å². The molecule has 0 aliphatic carbocycles. The van der Waals surface area contributed by atoms with Crippen molar-refractivity contribution in [2.45, 2.75) is 25.9 Å². The molecule has 2 aromatic rings. The van der Waals surface area contributed by atoms with E-state index in [9.17, 15) is 8.42 Å². The Morgan fingerprint density at radius 3 is 1.38 bits per heavy atom. The fourth-order valence-electron chi connectivity index (χ4n) is 2.57. The third-order valence-corrected chi connectivity index (χ3v) is 4.90. The van der Waals surface area contributed by atoms with E-state index in [0.717, 1.165) is 22.3 Å². The van der Waals surface area contributed by atoms with E-state index in [4.69, 9.17) is 0 Å². The predicted molar refractivity (Wildman–Crippen MR) is 83.0 cm³/mol. The minimum absolute atomic E-state index is 0.293. The second kappa shape index (κ2) is 5.26. The molecule has 0 amide bonds. The average Bonchev–Trinajstić information content (AvgIpc) is 2.76. The lowest BCUT2D eigenvalue weighted by molar-refractivity contribution is 0.553. The van der Waals surface area contributed by atoms with Crippen LogP contribution in [0, 0.1) is 13.8 Å². The van der Waals surface area contributed by atoms with Crippen LogP contribution in [0.25, 0.3) is 0 Å². The Balaban J connectivity index is 2.00. The maximum absolute atomic E-state index is 11.9. The topological polar surface area (TPSA) is 58.2 Å². The quantitative estimate of drug-likeness (QED) is 0.895. The molecule has 0 radical (unpaired) electrons. The lowest BCUT2D eigenvalue weighted by Crippen LogP contribution is -2.24. The highest BCUT2D eigenvalue weighted by atomic mass is 32.2. The van der Waals surface area contributed by atoms with Gasteiger partial charge in [-0.3, -0.25) is 0 Å². The van der Waals surface area contributed by atoms with Crippen molar-refractivity contribution >= 4 is 10.2 Å². The number of nitrogens with one attached hydrogen (secondary N) is 2. The molecule has 1 saturated heterocycles. The summed E-state index contributed by atoms with van der Waals surface area (Å²) >= 11 is 0. The summed E-state index contributed by atoms with van der Waals surface area (Å²) in [7, 11) is -3.46. The van der Waals surface area contributed by atoms with Gasteiger partial charge in [-0.05, 0) is 25.0 Å². The highest BCUT2D eigenvalue weighted by Gasteiger charge is 2.37. The summed E-state index contributed by atoms with van der Waals surface area (Å²) in [5, 5.41) is 0. The summed E-state index contributed by atoms with van der Waals surface area (Å²) < 4.78 is 29.2. The number of hydrogen-bond acceptors (Lipinski definition) is 2. The van der Waals surface area contributed by atoms with Crippen LogP contribution in [0.1, 0.15) is 34.3 Å². The van der Waals surface area contributed by atoms with Crippen molar-refractivity contribution in [2.24, 2.45) is 0 Å². The predicted octanol–water partition coefficient (Wildman–Crippen LogP) is 2.52. The summed E-state index contributed by atoms with van der Waals surface area (Å²) in [6.07, 6.45) is 0. The average molecular weight is 302 g/mol. The normalized spacial score (nSPS) is 24.1. The Labute approximate surface area is 125 Å². The smallest absolute Gasteiger partial charge is 0.195 e. The first-order valence-corrected chi connectivity index (χ1v) is 8.36. The fraction of sp³-hybridized carbons (Fsp3) is 0.250. The zero-order valence-corrected chi connectivity index (χ0v) is 12.8. The number of aryl methyl sites for hydroxylation is 2. The molecule has 1 aliphatic heterocycles. The van der Waals surface area contributed by atoms with Crippen molar-refractivity contribution in [2.75, 3.05) is 0 Å². The van der Waals surface area contributed by atoms with Crippen LogP contribution >= 0.6 is 0 Å². The van der Waals surface area contributed by atoms with Gasteiger partial charge >= 0.3 is 0 Å². The SMILES string of the molecule is Cc1ccc(C2NS(=O)(=O)NC2c2ccc(C)cc2)cc1. The zero-order valence-electron chi connectivity index (χ0n) is 12.0. The third-order valence-electron chi connectivity index (χ3n) is 3.77. The van der Waals surface area contributed by atoms with Gasteiger partial charge in [0.05, 0.1) is 12.1 Å². The molecule has 2 N–H and O–H groups in total. The van der Waals surface area contributed by atoms with E-state index in [1.165, 1.54) is 0 Å². The van der Waals surface area contributed by atoms with Gasteiger partial charge in [-0.2, -0.15) is 17.9 Å². The fourth-order valence-corrected chi connectivity index (χ4v) is 3.85. The van der Waals surface area contributed by atoms with E-state index in [-0.39, 0.29) is 12.1 Å². The van der Waals surface area contributed by atoms with Crippen molar-refractivity contribution in [3.63, 3.8) is 0 Å². The van der Waals surface area contributed by atoms with E-state index in [0.29, 0.717) is 0 Å². The van der Waals surface area contributed by atoms with Gasteiger partial charge in [-0.25, -0.2) is 0 Å². The first-order chi connectivity index (χ1) is 9.94. The molecular formula is C16H18N2O2S. The number of rotatable bonds is 2. The Hall–Kier alpha value is -1.69. The van der Waals surface area contributed by atoms with Crippen LogP contribution in [0.15, 0.2) is 48.5 Å². The molecule has 2 aromatic carbocycles. The summed E-state index contributed by atoms with van der Waals surface area (Å²) in [4.78, 5) is 0. The lowest BCUT2D eigenvalue weighted by atomic mass is 9.94. The molecule has 1 fully saturated rings. The molecule has 0 spiro atoms. The van der Waals surface area contributed by atoms with Crippen LogP contribution in [-0.4, -0.2) is 8.42 Å². The molecule has 0 bridgehead atoms. The monoisotopic (exact) mass is 302 g/mol. The molecular weight excluding hydrogens is 284 g/mol. The van der Waals surface area contributed by atoms with Gasteiger partial charge in [0.25, 0.3) is 10.2 Å². The number of benzene rings is 2. The summed E-state index contributed by atoms with van der Waals surface area (Å²) in [6.45, 7) is 4.02. The maximum Gasteiger partial charge on any atom is 0.278 e. The Morgan fingerprint density at radius 1 is 0.714 bits per heavy atom. The van der Waals surface area contributed by atoms with Gasteiger partial charge in [0, 0.05) is 0 Å². The van der Waals surface area contributed by atoms with Crippen molar-refractivity contribution in [3.8, 4) is 0 Å². The molecule has 110 valence electrons. The van der Waals surface area contributed by atoms with Crippen molar-refractivity contribution in [1.29, 1.82) is 0 Å². The van der Waals surface area contributed by atoms with Gasteiger partial charge in [-0.15, -0.1) is 0 Å². The minimum atomic E-state index is -3.46. The summed E-state index contributed by atoms with van der Waals surface area (Å²) in [6, 6.07) is 15.3. The molecule has 5 heteroatoms. The third kappa shape index (κ3) is 3.00. The molecule has 4 nitrogen and oxygen atoms in total. The van der Waals surface area contributed by atoms with E-state index in [1.54, 1.807) is 0 Å². The van der Waals surface area contributed by atoms with Gasteiger partial charge in [0.2, 0.25) is 0 Å². The molecule has 2 atom stereocenters. The van der Waals surface area contributed by atoms with E-state index in [1.807, 2.05) is 62.4 Å². The van der Waals surface area contributed by atoms with Crippen LogP contribution in [0.3, 0.4) is 0 Å². The van der Waals surface area contributed by atoms with Crippen molar-refractivity contribution in [1.82, 2.24) is 9.44 Å². The van der Waals surface area contributed by atoms with Gasteiger partial charge in [0.15, 0.2) is 0 Å². The lowest BCUT2D eigenvalue weighted by Gasteiger charge is -2.18. The Morgan fingerprint density at radius 2 is 1.05 bits per heavy atom. The first-order valence-electron chi connectivity index (χ1n) is 6.87. The second-order valence-electron chi connectivity index (χ2n) is 5.52. The Bertz CT molecular complexity index is 677. The van der Waals surface area contributed by atoms with Gasteiger partial charge in [-0.1, -0.05) is 59.7 Å². The van der Waals surface area contributed by atoms with Crippen LogP contribution in [0.2, 0.25) is 0 Å². The van der Waals surface area contributed by atoms with Crippen LogP contribution in [0.4, 0.5) is 0 Å². The van der Waals surface area contributed by atoms with E-state index < -0.39 is 10.2 Å². The molecule has 3 rings (SSSR count). The van der Waals surface area contributed by atoms with Gasteiger partial charge in [0.1, 0.15) is 0 Å². The standard InChI is InChI=1S/C16H18N2O2S/c1-11-3-7-13(8-4-11)15-16(18-21(19,20)17-15)14-9-5-12(2)6-10-14/h3-10,15-18H,1-2H3. The Kier molecular flexibility index (Phi) is 3.57. The molecule has 0 aromatic heterocycles. The van der Waals surface area contributed by atoms with Crippen LogP contribution in [-0.2, 0) is 10.2 Å². The summed E-state index contributed by atoms with van der Waals surface area (Å²) in [5.74, 6) is 0. The largest absolute Gasteiger partial charge is 0.278 e. The highest BCUT2D eigenvalue weighted by molar-refractivity contribution is 7.87. The van der Waals surface area contributed by atoms with Crippen molar-refractivity contribution in [3.05, 3.63) is 70.8 Å². The number of hydrogen-bond donors (Lipinski definition) is 2. The summed E-state index contributed by atoms with van der Waals surface area (Å²) in [5.41, 5.74) is 4.22. The van der Waals surface area contributed by atoms with Crippen LogP contribution < -0.4 is 9.44 Å². The van der Waals surface area contributed by atoms with E-state index in [2.05, 4.69) is 9.44 Å². The highest BCUT2D eigenvalue weighted by Crippen LogP contribution is 2.34. The molecule has 1 aliphatic rings. The van der Waals surface area contributed by atoms with E-state index >= 15 is 0 Å². The second-order valence-corrected chi connectivity index (χ2v) is 6.99. The first kappa shape index (κ1) is 14.3. The molecule has 0 saturated carbocycles. The molecule has 1 heterocycles. The minimum Gasteiger partial charge on any atom is -0.195 e.